The van der Waals surface area contributed by atoms with Gasteiger partial charge in [-0.1, -0.05) is 40.7 Å². The minimum Gasteiger partial charge on any atom is -0.481 e. The summed E-state index contributed by atoms with van der Waals surface area (Å²) in [6, 6.07) is 0. The van der Waals surface area contributed by atoms with E-state index in [4.69, 9.17) is 0 Å². The lowest BCUT2D eigenvalue weighted by atomic mass is 9.32. The predicted molar refractivity (Wildman–Crippen MR) is 143 cm³/mol. The molecule has 0 heterocycles. The third kappa shape index (κ3) is 3.15. The van der Waals surface area contributed by atoms with Crippen molar-refractivity contribution in [1.82, 2.24) is 0 Å². The molecule has 4 nitrogen and oxygen atoms in total. The van der Waals surface area contributed by atoms with Gasteiger partial charge in [0.25, 0.3) is 0 Å². The molecule has 36 heavy (non-hydrogen) atoms. The highest BCUT2D eigenvalue weighted by molar-refractivity contribution is 5.76. The number of carboxylic acids is 1. The van der Waals surface area contributed by atoms with E-state index >= 15 is 0 Å². The van der Waals surface area contributed by atoms with Crippen LogP contribution in [0.2, 0.25) is 0 Å². The monoisotopic (exact) mass is 500 g/mol. The van der Waals surface area contributed by atoms with E-state index < -0.39 is 17.0 Å². The summed E-state index contributed by atoms with van der Waals surface area (Å²) in [4.78, 5) is 12.9. The zero-order valence-electron chi connectivity index (χ0n) is 23.8. The molecule has 0 radical (unpaired) electrons. The van der Waals surface area contributed by atoms with Crippen molar-refractivity contribution in [2.45, 2.75) is 124 Å². The van der Waals surface area contributed by atoms with Gasteiger partial charge in [0.15, 0.2) is 0 Å². The van der Waals surface area contributed by atoms with Crippen molar-refractivity contribution in [3.8, 4) is 0 Å². The van der Waals surface area contributed by atoms with Gasteiger partial charge in [0.1, 0.15) is 0 Å². The first-order valence-electron chi connectivity index (χ1n) is 14.9. The highest BCUT2D eigenvalue weighted by Crippen LogP contribution is 2.77. The lowest BCUT2D eigenvalue weighted by molar-refractivity contribution is -0.252. The Morgan fingerprint density at radius 2 is 1.61 bits per heavy atom. The van der Waals surface area contributed by atoms with E-state index in [1.807, 2.05) is 13.0 Å². The third-order valence-corrected chi connectivity index (χ3v) is 14.2. The van der Waals surface area contributed by atoms with Crippen LogP contribution >= 0.6 is 0 Å². The molecular formula is C32H52O4. The summed E-state index contributed by atoms with van der Waals surface area (Å²) in [5, 5.41) is 33.2. The zero-order chi connectivity index (χ0) is 26.5. The Kier molecular flexibility index (Phi) is 5.99. The summed E-state index contributed by atoms with van der Waals surface area (Å²) < 4.78 is 0. The molecule has 0 aromatic rings. The van der Waals surface area contributed by atoms with E-state index in [-0.39, 0.29) is 39.6 Å². The fourth-order valence-electron chi connectivity index (χ4n) is 12.1. The predicted octanol–water partition coefficient (Wildman–Crippen LogP) is 6.84. The third-order valence-electron chi connectivity index (χ3n) is 14.2. The van der Waals surface area contributed by atoms with Crippen LogP contribution in [0.4, 0.5) is 0 Å². The SMILES string of the molecule is C=CCC(C)(O)C1CCC2(C(=O)O)CCC3(C)C(CCC4C5(C)CCC(O)C(C)(C)C5CCC43C)C12. The first-order valence-corrected chi connectivity index (χ1v) is 14.9. The van der Waals surface area contributed by atoms with Crippen LogP contribution in [0.5, 0.6) is 0 Å². The van der Waals surface area contributed by atoms with Crippen molar-refractivity contribution in [3.63, 3.8) is 0 Å². The van der Waals surface area contributed by atoms with Gasteiger partial charge in [-0.3, -0.25) is 4.79 Å². The molecule has 0 spiro atoms. The van der Waals surface area contributed by atoms with Crippen molar-refractivity contribution in [2.75, 3.05) is 0 Å². The van der Waals surface area contributed by atoms with Crippen LogP contribution in [0.3, 0.4) is 0 Å². The molecule has 11 atom stereocenters. The van der Waals surface area contributed by atoms with Crippen LogP contribution in [0.1, 0.15) is 112 Å². The molecule has 0 aromatic heterocycles. The van der Waals surface area contributed by atoms with Crippen molar-refractivity contribution >= 4 is 5.97 Å². The van der Waals surface area contributed by atoms with E-state index in [9.17, 15) is 20.1 Å². The van der Waals surface area contributed by atoms with E-state index in [2.05, 4.69) is 41.2 Å². The van der Waals surface area contributed by atoms with Crippen LogP contribution in [0, 0.1) is 56.7 Å². The number of aliphatic carboxylic acids is 1. The Labute approximate surface area is 219 Å². The molecule has 5 fully saturated rings. The second kappa shape index (κ2) is 8.07. The largest absolute Gasteiger partial charge is 0.481 e. The summed E-state index contributed by atoms with van der Waals surface area (Å²) in [7, 11) is 0. The molecule has 5 aliphatic rings. The molecule has 11 unspecified atom stereocenters. The van der Waals surface area contributed by atoms with Gasteiger partial charge in [0, 0.05) is 0 Å². The van der Waals surface area contributed by atoms with Gasteiger partial charge in [0.2, 0.25) is 0 Å². The number of rotatable bonds is 4. The van der Waals surface area contributed by atoms with Crippen molar-refractivity contribution in [2.24, 2.45) is 56.7 Å². The normalized spacial score (nSPS) is 53.2. The molecule has 5 saturated carbocycles. The number of carboxylic acid groups (broad SMARTS) is 1. The zero-order valence-corrected chi connectivity index (χ0v) is 23.8. The second-order valence-corrected chi connectivity index (χ2v) is 15.5. The van der Waals surface area contributed by atoms with Crippen molar-refractivity contribution < 1.29 is 20.1 Å². The average Bonchev–Trinajstić information content (AvgIpc) is 3.19. The number of carbonyl (C=O) groups is 1. The Morgan fingerprint density at radius 1 is 0.917 bits per heavy atom. The molecule has 0 amide bonds. The van der Waals surface area contributed by atoms with Gasteiger partial charge in [0.05, 0.1) is 17.1 Å². The maximum absolute atomic E-state index is 12.9. The maximum atomic E-state index is 12.9. The summed E-state index contributed by atoms with van der Waals surface area (Å²) in [5.74, 6) is 0.861. The number of hydrogen-bond donors (Lipinski definition) is 3. The van der Waals surface area contributed by atoms with E-state index in [0.29, 0.717) is 30.6 Å². The van der Waals surface area contributed by atoms with Gasteiger partial charge in [-0.2, -0.15) is 0 Å². The quantitative estimate of drug-likeness (QED) is 0.369. The Hall–Kier alpha value is -0.870. The highest BCUT2D eigenvalue weighted by atomic mass is 16.4. The number of fused-ring (bicyclic) bond motifs is 7. The van der Waals surface area contributed by atoms with Crippen LogP contribution in [-0.4, -0.2) is 33.0 Å². The molecule has 0 saturated heterocycles. The summed E-state index contributed by atoms with van der Waals surface area (Å²) >= 11 is 0. The summed E-state index contributed by atoms with van der Waals surface area (Å²) in [6.45, 7) is 18.0. The van der Waals surface area contributed by atoms with E-state index in [0.717, 1.165) is 51.4 Å². The van der Waals surface area contributed by atoms with Crippen LogP contribution in [0.15, 0.2) is 12.7 Å². The van der Waals surface area contributed by atoms with Gasteiger partial charge < -0.3 is 15.3 Å². The number of aliphatic hydroxyl groups is 2. The summed E-state index contributed by atoms with van der Waals surface area (Å²) in [6.07, 6.45) is 11.9. The lowest BCUT2D eigenvalue weighted by Gasteiger charge is -2.72. The van der Waals surface area contributed by atoms with Gasteiger partial charge in [-0.25, -0.2) is 0 Å². The first kappa shape index (κ1) is 26.7. The second-order valence-electron chi connectivity index (χ2n) is 15.5. The van der Waals surface area contributed by atoms with E-state index in [1.165, 1.54) is 6.42 Å². The molecule has 204 valence electrons. The molecule has 0 aromatic carbocycles. The van der Waals surface area contributed by atoms with Gasteiger partial charge in [-0.15, -0.1) is 6.58 Å². The van der Waals surface area contributed by atoms with Crippen LogP contribution < -0.4 is 0 Å². The maximum Gasteiger partial charge on any atom is 0.309 e. The Balaban J connectivity index is 1.57. The Morgan fingerprint density at radius 3 is 2.25 bits per heavy atom. The van der Waals surface area contributed by atoms with Crippen LogP contribution in [0.25, 0.3) is 0 Å². The van der Waals surface area contributed by atoms with Crippen molar-refractivity contribution in [1.29, 1.82) is 0 Å². The molecule has 5 aliphatic carbocycles. The molecule has 3 N–H and O–H groups in total. The Bertz CT molecular complexity index is 923. The fraction of sp³-hybridized carbons (Fsp3) is 0.906. The first-order chi connectivity index (χ1) is 16.6. The smallest absolute Gasteiger partial charge is 0.309 e. The molecule has 0 aliphatic heterocycles. The average molecular weight is 501 g/mol. The van der Waals surface area contributed by atoms with Gasteiger partial charge in [-0.05, 0) is 129 Å². The van der Waals surface area contributed by atoms with Crippen molar-refractivity contribution in [3.05, 3.63) is 12.7 Å². The number of hydrogen-bond acceptors (Lipinski definition) is 3. The minimum absolute atomic E-state index is 0.00654. The molecule has 4 heteroatoms. The summed E-state index contributed by atoms with van der Waals surface area (Å²) in [5.41, 5.74) is -1.22. The topological polar surface area (TPSA) is 77.8 Å². The molecular weight excluding hydrogens is 448 g/mol. The standard InChI is InChI=1S/C32H52O4/c1-8-14-31(7,36)21-11-17-32(26(34)35)19-18-29(5)20(25(21)32)9-10-23-28(4)15-13-24(33)27(2,3)22(28)12-16-30(23,29)6/h8,20-25,33,36H,1,9-19H2,2-7H3,(H,34,35). The fourth-order valence-corrected chi connectivity index (χ4v) is 12.1. The highest BCUT2D eigenvalue weighted by Gasteiger charge is 2.72. The minimum atomic E-state index is -0.910. The molecule has 0 bridgehead atoms. The number of aliphatic hydroxyl groups excluding tert-OH is 1. The van der Waals surface area contributed by atoms with E-state index in [1.54, 1.807) is 0 Å². The lowest BCUT2D eigenvalue weighted by Crippen LogP contribution is -2.67. The van der Waals surface area contributed by atoms with Crippen LogP contribution in [-0.2, 0) is 4.79 Å². The van der Waals surface area contributed by atoms with Gasteiger partial charge >= 0.3 is 5.97 Å². The molecule has 5 rings (SSSR count).